The van der Waals surface area contributed by atoms with E-state index >= 15 is 0 Å². The Morgan fingerprint density at radius 3 is 2.57 bits per heavy atom. The summed E-state index contributed by atoms with van der Waals surface area (Å²) < 4.78 is 0. The van der Waals surface area contributed by atoms with Gasteiger partial charge in [0.1, 0.15) is 0 Å². The summed E-state index contributed by atoms with van der Waals surface area (Å²) >= 11 is 1.36. The molecule has 116 valence electrons. The zero-order chi connectivity index (χ0) is 15.6. The van der Waals surface area contributed by atoms with Gasteiger partial charge in [-0.2, -0.15) is 0 Å². The molecule has 2 amide bonds. The zero-order valence-electron chi connectivity index (χ0n) is 12.5. The average Bonchev–Trinajstić information content (AvgIpc) is 3.32. The standard InChI is InChI=1S/C18H16N2O2S/c21-16-14-11-8-12(10-4-2-1-3-5-10)13(9-11)15(14)17(22)20(16)18-19-6-7-23-18/h1-7,11-15H,8-9H2/t11-,12-,13-,14+,15-/m1/s1. The molecule has 5 atom stereocenters. The van der Waals surface area contributed by atoms with E-state index in [4.69, 9.17) is 0 Å². The fraction of sp³-hybridized carbons (Fsp3) is 0.389. The quantitative estimate of drug-likeness (QED) is 0.798. The van der Waals surface area contributed by atoms with Gasteiger partial charge in [0.15, 0.2) is 5.13 Å². The summed E-state index contributed by atoms with van der Waals surface area (Å²) in [4.78, 5) is 31.3. The molecule has 2 aliphatic carbocycles. The summed E-state index contributed by atoms with van der Waals surface area (Å²) in [6.07, 6.45) is 3.69. The Labute approximate surface area is 138 Å². The van der Waals surface area contributed by atoms with Crippen molar-refractivity contribution in [2.45, 2.75) is 18.8 Å². The fourth-order valence-corrected chi connectivity index (χ4v) is 5.71. The number of nitrogens with zero attached hydrogens (tertiary/aromatic N) is 2. The molecule has 0 radical (unpaired) electrons. The molecule has 0 unspecified atom stereocenters. The molecule has 3 fully saturated rings. The van der Waals surface area contributed by atoms with Crippen molar-refractivity contribution in [3.8, 4) is 0 Å². The number of hydrogen-bond donors (Lipinski definition) is 0. The van der Waals surface area contributed by atoms with Crippen molar-refractivity contribution >= 4 is 28.3 Å². The van der Waals surface area contributed by atoms with Gasteiger partial charge in [-0.3, -0.25) is 9.59 Å². The molecule has 1 aromatic carbocycles. The number of benzene rings is 1. The molecular formula is C18H16N2O2S. The first-order valence-corrected chi connectivity index (χ1v) is 8.96. The van der Waals surface area contributed by atoms with E-state index in [2.05, 4.69) is 29.2 Å². The topological polar surface area (TPSA) is 50.3 Å². The molecule has 23 heavy (non-hydrogen) atoms. The molecule has 3 aliphatic rings. The van der Waals surface area contributed by atoms with Crippen molar-refractivity contribution in [1.29, 1.82) is 0 Å². The largest absolute Gasteiger partial charge is 0.274 e. The number of hydrogen-bond acceptors (Lipinski definition) is 4. The van der Waals surface area contributed by atoms with Crippen molar-refractivity contribution in [1.82, 2.24) is 4.98 Å². The lowest BCUT2D eigenvalue weighted by molar-refractivity contribution is -0.123. The van der Waals surface area contributed by atoms with Crippen LogP contribution in [0.25, 0.3) is 0 Å². The van der Waals surface area contributed by atoms with Crippen molar-refractivity contribution in [3.05, 3.63) is 47.5 Å². The Morgan fingerprint density at radius 2 is 1.83 bits per heavy atom. The number of rotatable bonds is 2. The number of aromatic nitrogens is 1. The van der Waals surface area contributed by atoms with Crippen molar-refractivity contribution < 1.29 is 9.59 Å². The van der Waals surface area contributed by atoms with Gasteiger partial charge in [0.05, 0.1) is 11.8 Å². The SMILES string of the molecule is O=C1[C@@H]2[C@@H]3C[C@@H](C[C@@H]3c3ccccc3)[C@@H]2C(=O)N1c1nccs1. The summed E-state index contributed by atoms with van der Waals surface area (Å²) in [5, 5.41) is 2.34. The van der Waals surface area contributed by atoms with Crippen LogP contribution in [0.1, 0.15) is 24.3 Å². The maximum absolute atomic E-state index is 12.9. The van der Waals surface area contributed by atoms with Crippen molar-refractivity contribution in [2.24, 2.45) is 23.7 Å². The third-order valence-corrected chi connectivity index (χ3v) is 6.61. The summed E-state index contributed by atoms with van der Waals surface area (Å²) in [6.45, 7) is 0. The Bertz CT molecular complexity index is 774. The molecule has 5 heteroatoms. The molecule has 5 rings (SSSR count). The monoisotopic (exact) mass is 324 g/mol. The highest BCUT2D eigenvalue weighted by molar-refractivity contribution is 7.14. The van der Waals surface area contributed by atoms with Crippen LogP contribution in [0.15, 0.2) is 41.9 Å². The fourth-order valence-electron chi connectivity index (χ4n) is 5.06. The molecule has 4 nitrogen and oxygen atoms in total. The number of fused-ring (bicyclic) bond motifs is 5. The first-order valence-electron chi connectivity index (χ1n) is 8.08. The van der Waals surface area contributed by atoms with Gasteiger partial charge in [0.25, 0.3) is 0 Å². The number of carbonyl (C=O) groups is 2. The second-order valence-corrected chi connectivity index (χ2v) is 7.66. The van der Waals surface area contributed by atoms with Crippen LogP contribution in [0, 0.1) is 23.7 Å². The average molecular weight is 324 g/mol. The molecule has 2 heterocycles. The molecule has 1 saturated heterocycles. The lowest BCUT2D eigenvalue weighted by Gasteiger charge is -2.28. The minimum absolute atomic E-state index is 0.0195. The third-order valence-electron chi connectivity index (χ3n) is 5.85. The molecular weight excluding hydrogens is 308 g/mol. The van der Waals surface area contributed by atoms with Gasteiger partial charge in [0.2, 0.25) is 11.8 Å². The van der Waals surface area contributed by atoms with E-state index in [1.807, 2.05) is 11.4 Å². The maximum Gasteiger partial charge on any atom is 0.239 e. The molecule has 1 aliphatic heterocycles. The first-order chi connectivity index (χ1) is 11.3. The van der Waals surface area contributed by atoms with Crippen LogP contribution in [0.5, 0.6) is 0 Å². The smallest absolute Gasteiger partial charge is 0.239 e. The van der Waals surface area contributed by atoms with Crippen LogP contribution in [0.4, 0.5) is 5.13 Å². The first kappa shape index (κ1) is 13.4. The van der Waals surface area contributed by atoms with E-state index in [0.717, 1.165) is 12.8 Å². The highest BCUT2D eigenvalue weighted by atomic mass is 32.1. The van der Waals surface area contributed by atoms with E-state index in [-0.39, 0.29) is 23.7 Å². The Hall–Kier alpha value is -2.01. The number of anilines is 1. The number of imide groups is 1. The van der Waals surface area contributed by atoms with Crippen molar-refractivity contribution in [2.75, 3.05) is 4.90 Å². The van der Waals surface area contributed by atoms with Gasteiger partial charge >= 0.3 is 0 Å². The van der Waals surface area contributed by atoms with E-state index in [9.17, 15) is 9.59 Å². The highest BCUT2D eigenvalue weighted by Gasteiger charge is 2.64. The second kappa shape index (κ2) is 4.74. The summed E-state index contributed by atoms with van der Waals surface area (Å²) in [7, 11) is 0. The van der Waals surface area contributed by atoms with Crippen LogP contribution in [0.2, 0.25) is 0 Å². The van der Waals surface area contributed by atoms with Gasteiger partial charge in [0, 0.05) is 11.6 Å². The normalized spacial score (nSPS) is 35.1. The predicted molar refractivity (Wildman–Crippen MR) is 87.0 cm³/mol. The number of carbonyl (C=O) groups excluding carboxylic acids is 2. The summed E-state index contributed by atoms with van der Waals surface area (Å²) in [6, 6.07) is 10.4. The highest BCUT2D eigenvalue weighted by Crippen LogP contribution is 2.61. The minimum atomic E-state index is -0.143. The molecule has 2 aromatic rings. The van der Waals surface area contributed by atoms with E-state index in [0.29, 0.717) is 22.9 Å². The predicted octanol–water partition coefficient (Wildman–Crippen LogP) is 3.07. The lowest BCUT2D eigenvalue weighted by Crippen LogP contribution is -2.32. The zero-order valence-corrected chi connectivity index (χ0v) is 13.3. The van der Waals surface area contributed by atoms with E-state index in [1.165, 1.54) is 21.8 Å². The Balaban J connectivity index is 1.51. The van der Waals surface area contributed by atoms with Crippen molar-refractivity contribution in [3.63, 3.8) is 0 Å². The number of amides is 2. The lowest BCUT2D eigenvalue weighted by atomic mass is 9.73. The molecule has 1 aromatic heterocycles. The summed E-state index contributed by atoms with van der Waals surface area (Å²) in [5.74, 6) is 0.754. The molecule has 0 N–H and O–H groups in total. The van der Waals surface area contributed by atoms with Gasteiger partial charge in [-0.05, 0) is 36.2 Å². The van der Waals surface area contributed by atoms with Gasteiger partial charge in [-0.1, -0.05) is 30.3 Å². The minimum Gasteiger partial charge on any atom is -0.274 e. The molecule has 2 bridgehead atoms. The van der Waals surface area contributed by atoms with Crippen LogP contribution in [-0.2, 0) is 9.59 Å². The van der Waals surface area contributed by atoms with Crippen LogP contribution < -0.4 is 4.90 Å². The third kappa shape index (κ3) is 1.74. The van der Waals surface area contributed by atoms with Gasteiger partial charge < -0.3 is 0 Å². The Morgan fingerprint density at radius 1 is 1.04 bits per heavy atom. The maximum atomic E-state index is 12.9. The summed E-state index contributed by atoms with van der Waals surface area (Å²) in [5.41, 5.74) is 1.31. The van der Waals surface area contributed by atoms with Crippen LogP contribution >= 0.6 is 11.3 Å². The number of thiazole rings is 1. The van der Waals surface area contributed by atoms with Crippen LogP contribution in [-0.4, -0.2) is 16.8 Å². The van der Waals surface area contributed by atoms with Crippen LogP contribution in [0.3, 0.4) is 0 Å². The van der Waals surface area contributed by atoms with Gasteiger partial charge in [-0.25, -0.2) is 9.88 Å². The van der Waals surface area contributed by atoms with Gasteiger partial charge in [-0.15, -0.1) is 11.3 Å². The van der Waals surface area contributed by atoms with E-state index < -0.39 is 0 Å². The molecule has 0 spiro atoms. The van der Waals surface area contributed by atoms with E-state index in [1.54, 1.807) is 6.20 Å². The second-order valence-electron chi connectivity index (χ2n) is 6.79. The Kier molecular flexibility index (Phi) is 2.77. The molecule has 2 saturated carbocycles.